The van der Waals surface area contributed by atoms with Gasteiger partial charge in [-0.3, -0.25) is 4.79 Å². The van der Waals surface area contributed by atoms with Gasteiger partial charge in [0.05, 0.1) is 6.04 Å². The van der Waals surface area contributed by atoms with E-state index in [0.717, 1.165) is 12.5 Å². The molecule has 2 rings (SSSR count). The van der Waals surface area contributed by atoms with Gasteiger partial charge in [-0.05, 0) is 24.8 Å². The molecule has 3 atom stereocenters. The quantitative estimate of drug-likeness (QED) is 0.507. The molecule has 1 aliphatic carbocycles. The summed E-state index contributed by atoms with van der Waals surface area (Å²) in [7, 11) is 1.69. The maximum atomic E-state index is 11.1. The van der Waals surface area contributed by atoms with Crippen LogP contribution in [0.15, 0.2) is 0 Å². The summed E-state index contributed by atoms with van der Waals surface area (Å²) >= 11 is 0. The van der Waals surface area contributed by atoms with Gasteiger partial charge in [-0.15, -0.1) is 0 Å². The van der Waals surface area contributed by atoms with E-state index < -0.39 is 0 Å². The summed E-state index contributed by atoms with van der Waals surface area (Å²) in [6.07, 6.45) is 1.26. The van der Waals surface area contributed by atoms with Crippen LogP contribution in [0.2, 0.25) is 0 Å². The zero-order valence-corrected chi connectivity index (χ0v) is 6.05. The second-order valence-corrected chi connectivity index (χ2v) is 3.16. The van der Waals surface area contributed by atoms with E-state index in [-0.39, 0.29) is 11.9 Å². The lowest BCUT2D eigenvalue weighted by molar-refractivity contribution is -0.122. The standard InChI is InChI=1S/C7H12N2O/c1-8-7(10)6-5-2-4(5)3-9-6/h4-6,9H,2-3H2,1H3,(H,8,10)/t4-,5-,6-/m0/s1. The molecule has 2 fully saturated rings. The Hall–Kier alpha value is -0.570. The molecule has 2 aliphatic rings. The van der Waals surface area contributed by atoms with Crippen molar-refractivity contribution in [1.29, 1.82) is 0 Å². The first-order valence-electron chi connectivity index (χ1n) is 3.78. The molecule has 0 aromatic heterocycles. The lowest BCUT2D eigenvalue weighted by atomic mass is 10.2. The summed E-state index contributed by atoms with van der Waals surface area (Å²) in [5, 5.41) is 5.86. The van der Waals surface area contributed by atoms with Gasteiger partial charge in [0.15, 0.2) is 0 Å². The number of carbonyl (C=O) groups excluding carboxylic acids is 1. The summed E-state index contributed by atoms with van der Waals surface area (Å²) < 4.78 is 0. The maximum Gasteiger partial charge on any atom is 0.237 e. The van der Waals surface area contributed by atoms with Gasteiger partial charge >= 0.3 is 0 Å². The first kappa shape index (κ1) is 6.16. The number of hydrogen-bond acceptors (Lipinski definition) is 2. The minimum Gasteiger partial charge on any atom is -0.358 e. The number of rotatable bonds is 1. The van der Waals surface area contributed by atoms with Gasteiger partial charge in [0.25, 0.3) is 0 Å². The molecule has 1 amide bonds. The third-order valence-corrected chi connectivity index (χ3v) is 2.53. The maximum absolute atomic E-state index is 11.1. The molecule has 1 aliphatic heterocycles. The highest BCUT2D eigenvalue weighted by Gasteiger charge is 2.50. The van der Waals surface area contributed by atoms with E-state index in [1.54, 1.807) is 7.05 Å². The molecule has 0 unspecified atom stereocenters. The second-order valence-electron chi connectivity index (χ2n) is 3.16. The summed E-state index contributed by atoms with van der Waals surface area (Å²) in [5.41, 5.74) is 0. The van der Waals surface area contributed by atoms with Gasteiger partial charge in [0.2, 0.25) is 5.91 Å². The van der Waals surface area contributed by atoms with Crippen LogP contribution in [0, 0.1) is 11.8 Å². The van der Waals surface area contributed by atoms with Gasteiger partial charge in [-0.1, -0.05) is 0 Å². The fraction of sp³-hybridized carbons (Fsp3) is 0.857. The Morgan fingerprint density at radius 3 is 2.90 bits per heavy atom. The SMILES string of the molecule is CNC(=O)[C@H]1NC[C@@H]2C[C@@H]21. The number of piperidine rings is 1. The Morgan fingerprint density at radius 1 is 1.70 bits per heavy atom. The lowest BCUT2D eigenvalue weighted by Crippen LogP contribution is -2.41. The number of likely N-dealkylation sites (N-methyl/N-ethyl adjacent to an activating group) is 1. The molecule has 0 bridgehead atoms. The molecule has 1 saturated heterocycles. The van der Waals surface area contributed by atoms with E-state index in [4.69, 9.17) is 0 Å². The van der Waals surface area contributed by atoms with Crippen LogP contribution >= 0.6 is 0 Å². The second kappa shape index (κ2) is 1.95. The van der Waals surface area contributed by atoms with E-state index in [0.29, 0.717) is 5.92 Å². The average Bonchev–Trinajstić information content (AvgIpc) is 2.62. The Labute approximate surface area is 60.2 Å². The van der Waals surface area contributed by atoms with E-state index >= 15 is 0 Å². The number of fused-ring (bicyclic) bond motifs is 1. The number of carbonyl (C=O) groups is 1. The molecule has 2 N–H and O–H groups in total. The van der Waals surface area contributed by atoms with Gasteiger partial charge in [0, 0.05) is 7.05 Å². The van der Waals surface area contributed by atoms with Crippen LogP contribution in [0.25, 0.3) is 0 Å². The van der Waals surface area contributed by atoms with Crippen molar-refractivity contribution < 1.29 is 4.79 Å². The zero-order valence-electron chi connectivity index (χ0n) is 6.05. The minimum atomic E-state index is 0.120. The first-order chi connectivity index (χ1) is 4.83. The van der Waals surface area contributed by atoms with Crippen molar-refractivity contribution in [2.24, 2.45) is 11.8 Å². The fourth-order valence-electron chi connectivity index (χ4n) is 1.79. The molecule has 1 saturated carbocycles. The molecular formula is C7H12N2O. The monoisotopic (exact) mass is 140 g/mol. The molecule has 1 heterocycles. The molecule has 56 valence electrons. The van der Waals surface area contributed by atoms with Crippen LogP contribution < -0.4 is 10.6 Å². The lowest BCUT2D eigenvalue weighted by Gasteiger charge is -2.09. The van der Waals surface area contributed by atoms with Crippen LogP contribution in [0.5, 0.6) is 0 Å². The predicted octanol–water partition coefficient (Wildman–Crippen LogP) is -0.660. The molecule has 10 heavy (non-hydrogen) atoms. The van der Waals surface area contributed by atoms with Crippen LogP contribution in [0.3, 0.4) is 0 Å². The van der Waals surface area contributed by atoms with Crippen molar-refractivity contribution in [3.05, 3.63) is 0 Å². The Balaban J connectivity index is 1.98. The van der Waals surface area contributed by atoms with Crippen molar-refractivity contribution in [3.63, 3.8) is 0 Å². The summed E-state index contributed by atoms with van der Waals surface area (Å²) in [6, 6.07) is 0.120. The third-order valence-electron chi connectivity index (χ3n) is 2.53. The Morgan fingerprint density at radius 2 is 2.50 bits per heavy atom. The minimum absolute atomic E-state index is 0.120. The van der Waals surface area contributed by atoms with Crippen molar-refractivity contribution in [2.45, 2.75) is 12.5 Å². The molecule has 0 aromatic rings. The molecule has 3 nitrogen and oxygen atoms in total. The number of hydrogen-bond donors (Lipinski definition) is 2. The van der Waals surface area contributed by atoms with Gasteiger partial charge < -0.3 is 10.6 Å². The third kappa shape index (κ3) is 0.736. The molecule has 0 radical (unpaired) electrons. The normalized spacial score (nSPS) is 42.7. The van der Waals surface area contributed by atoms with Gasteiger partial charge in [-0.2, -0.15) is 0 Å². The van der Waals surface area contributed by atoms with Gasteiger partial charge in [0.1, 0.15) is 0 Å². The molecule has 3 heteroatoms. The van der Waals surface area contributed by atoms with Crippen LogP contribution in [0.4, 0.5) is 0 Å². The summed E-state index contributed by atoms with van der Waals surface area (Å²) in [5.74, 6) is 1.62. The first-order valence-corrected chi connectivity index (χ1v) is 3.78. The van der Waals surface area contributed by atoms with Crippen LogP contribution in [0.1, 0.15) is 6.42 Å². The van der Waals surface area contributed by atoms with E-state index in [9.17, 15) is 4.79 Å². The largest absolute Gasteiger partial charge is 0.358 e. The van der Waals surface area contributed by atoms with Crippen molar-refractivity contribution in [1.82, 2.24) is 10.6 Å². The molecular weight excluding hydrogens is 128 g/mol. The van der Waals surface area contributed by atoms with Crippen molar-refractivity contribution in [2.75, 3.05) is 13.6 Å². The predicted molar refractivity (Wildman–Crippen MR) is 37.5 cm³/mol. The van der Waals surface area contributed by atoms with Gasteiger partial charge in [-0.25, -0.2) is 0 Å². The van der Waals surface area contributed by atoms with E-state index in [1.165, 1.54) is 6.42 Å². The Bertz CT molecular complexity index is 169. The summed E-state index contributed by atoms with van der Waals surface area (Å²) in [6.45, 7) is 1.04. The average molecular weight is 140 g/mol. The van der Waals surface area contributed by atoms with Crippen molar-refractivity contribution in [3.8, 4) is 0 Å². The zero-order chi connectivity index (χ0) is 7.14. The highest BCUT2D eigenvalue weighted by Crippen LogP contribution is 2.44. The van der Waals surface area contributed by atoms with Crippen LogP contribution in [-0.2, 0) is 4.79 Å². The summed E-state index contributed by atoms with van der Waals surface area (Å²) in [4.78, 5) is 11.1. The van der Waals surface area contributed by atoms with E-state index in [1.807, 2.05) is 0 Å². The smallest absolute Gasteiger partial charge is 0.237 e. The van der Waals surface area contributed by atoms with E-state index in [2.05, 4.69) is 10.6 Å². The highest BCUT2D eigenvalue weighted by atomic mass is 16.2. The molecule has 0 aromatic carbocycles. The fourth-order valence-corrected chi connectivity index (χ4v) is 1.79. The topological polar surface area (TPSA) is 41.1 Å². The number of nitrogens with one attached hydrogen (secondary N) is 2. The highest BCUT2D eigenvalue weighted by molar-refractivity contribution is 5.82. The van der Waals surface area contributed by atoms with Crippen molar-refractivity contribution >= 4 is 5.91 Å². The Kier molecular flexibility index (Phi) is 1.20. The number of amides is 1. The van der Waals surface area contributed by atoms with Crippen LogP contribution in [-0.4, -0.2) is 25.5 Å². The molecule has 0 spiro atoms.